The highest BCUT2D eigenvalue weighted by Crippen LogP contribution is 2.33. The van der Waals surface area contributed by atoms with Crippen LogP contribution in [0.25, 0.3) is 0 Å². The van der Waals surface area contributed by atoms with Gasteiger partial charge in [-0.05, 0) is 35.1 Å². The molecule has 0 aliphatic carbocycles. The molecule has 2 aliphatic rings. The monoisotopic (exact) mass is 382 g/mol. The lowest BCUT2D eigenvalue weighted by Crippen LogP contribution is -2.30. The van der Waals surface area contributed by atoms with E-state index in [4.69, 9.17) is 4.84 Å². The summed E-state index contributed by atoms with van der Waals surface area (Å²) in [4.78, 5) is 4.78. The third kappa shape index (κ3) is 4.52. The fraction of sp³-hybridized carbons (Fsp3) is 0.409. The van der Waals surface area contributed by atoms with E-state index < -0.39 is 6.23 Å². The van der Waals surface area contributed by atoms with Crippen LogP contribution in [-0.2, 0) is 4.84 Å². The van der Waals surface area contributed by atoms with Crippen LogP contribution in [0.3, 0.4) is 0 Å². The summed E-state index contributed by atoms with van der Waals surface area (Å²) in [5.74, 6) is 0.201. The Labute approximate surface area is 167 Å². The van der Waals surface area contributed by atoms with Gasteiger partial charge in [-0.1, -0.05) is 49.8 Å². The maximum Gasteiger partial charge on any atom is 0.152 e. The highest BCUT2D eigenvalue weighted by Gasteiger charge is 2.29. The van der Waals surface area contributed by atoms with E-state index in [0.717, 1.165) is 30.4 Å². The maximum atomic E-state index is 9.97. The first-order chi connectivity index (χ1) is 13.7. The van der Waals surface area contributed by atoms with Crippen LogP contribution in [0.15, 0.2) is 65.4 Å². The molecule has 0 fully saturated rings. The molecule has 0 saturated heterocycles. The highest BCUT2D eigenvalue weighted by molar-refractivity contribution is 5.71. The molecule has 0 aromatic heterocycles. The Kier molecular flexibility index (Phi) is 7.03. The number of hydrazone groups is 1. The molecule has 28 heavy (non-hydrogen) atoms. The van der Waals surface area contributed by atoms with E-state index in [9.17, 15) is 5.11 Å². The second-order valence-electron chi connectivity index (χ2n) is 7.13. The number of aliphatic hydroxyl groups excluding tert-OH is 1. The van der Waals surface area contributed by atoms with Crippen molar-refractivity contribution >= 4 is 6.21 Å². The van der Waals surface area contributed by atoms with Crippen LogP contribution < -0.4 is 16.2 Å². The molecule has 0 amide bonds. The van der Waals surface area contributed by atoms with Crippen LogP contribution in [0.4, 0.5) is 0 Å². The van der Waals surface area contributed by atoms with Gasteiger partial charge < -0.3 is 20.7 Å². The Balaban J connectivity index is 1.79. The van der Waals surface area contributed by atoms with Crippen molar-refractivity contribution in [2.75, 3.05) is 7.11 Å². The molecule has 2 heterocycles. The van der Waals surface area contributed by atoms with Gasteiger partial charge in [-0.2, -0.15) is 10.6 Å². The number of benzene rings is 1. The van der Waals surface area contributed by atoms with Gasteiger partial charge in [-0.25, -0.2) is 0 Å². The molecule has 4 unspecified atom stereocenters. The number of hydrogen-bond donors (Lipinski definition) is 4. The van der Waals surface area contributed by atoms with Crippen LogP contribution >= 0.6 is 0 Å². The van der Waals surface area contributed by atoms with E-state index in [0.29, 0.717) is 0 Å². The van der Waals surface area contributed by atoms with Gasteiger partial charge in [0, 0.05) is 18.3 Å². The van der Waals surface area contributed by atoms with Crippen molar-refractivity contribution in [3.8, 4) is 0 Å². The van der Waals surface area contributed by atoms with Gasteiger partial charge in [0.1, 0.15) is 0 Å². The summed E-state index contributed by atoms with van der Waals surface area (Å²) >= 11 is 0. The summed E-state index contributed by atoms with van der Waals surface area (Å²) in [5, 5.41) is 17.7. The lowest BCUT2D eigenvalue weighted by molar-refractivity contribution is -0.0320. The molecule has 0 spiro atoms. The summed E-state index contributed by atoms with van der Waals surface area (Å²) in [6, 6.07) is 8.12. The first-order valence-electron chi connectivity index (χ1n) is 9.82. The predicted octanol–water partition coefficient (Wildman–Crippen LogP) is 3.23. The molecule has 0 radical (unpaired) electrons. The molecule has 0 saturated carbocycles. The number of dihydropyridines is 1. The topological polar surface area (TPSA) is 77.9 Å². The molecule has 150 valence electrons. The van der Waals surface area contributed by atoms with Crippen LogP contribution in [0.5, 0.6) is 0 Å². The average molecular weight is 383 g/mol. The van der Waals surface area contributed by atoms with Crippen molar-refractivity contribution in [2.45, 2.75) is 44.5 Å². The van der Waals surface area contributed by atoms with Gasteiger partial charge in [-0.15, -0.1) is 6.58 Å². The van der Waals surface area contributed by atoms with E-state index >= 15 is 0 Å². The number of allylic oxidation sites excluding steroid dienone is 1. The molecular weight excluding hydrogens is 352 g/mol. The van der Waals surface area contributed by atoms with Crippen LogP contribution in [0.2, 0.25) is 0 Å². The molecule has 0 bridgehead atoms. The summed E-state index contributed by atoms with van der Waals surface area (Å²) in [7, 11) is 1.48. The smallest absolute Gasteiger partial charge is 0.152 e. The van der Waals surface area contributed by atoms with Crippen molar-refractivity contribution < 1.29 is 9.94 Å². The number of unbranched alkanes of at least 4 members (excludes halogenated alkanes) is 1. The Bertz CT molecular complexity index is 754. The number of rotatable bonds is 9. The van der Waals surface area contributed by atoms with Gasteiger partial charge in [0.2, 0.25) is 0 Å². The zero-order chi connectivity index (χ0) is 19.9. The lowest BCUT2D eigenvalue weighted by atomic mass is 9.83. The Morgan fingerprint density at radius 3 is 2.82 bits per heavy atom. The van der Waals surface area contributed by atoms with Crippen molar-refractivity contribution in [3.63, 3.8) is 0 Å². The molecule has 3 rings (SSSR count). The van der Waals surface area contributed by atoms with Crippen molar-refractivity contribution in [2.24, 2.45) is 11.0 Å². The normalized spacial score (nSPS) is 24.8. The molecule has 6 heteroatoms. The minimum atomic E-state index is -0.842. The van der Waals surface area contributed by atoms with Crippen LogP contribution in [-0.4, -0.2) is 24.5 Å². The molecule has 6 nitrogen and oxygen atoms in total. The van der Waals surface area contributed by atoms with Crippen molar-refractivity contribution in [1.29, 1.82) is 0 Å². The molecule has 4 N–H and O–H groups in total. The molecule has 4 atom stereocenters. The minimum Gasteiger partial charge on any atom is -0.380 e. The third-order valence-electron chi connectivity index (χ3n) is 5.26. The van der Waals surface area contributed by atoms with E-state index in [1.54, 1.807) is 0 Å². The minimum absolute atomic E-state index is 0.102. The number of aliphatic hydroxyl groups is 1. The van der Waals surface area contributed by atoms with E-state index in [2.05, 4.69) is 47.1 Å². The van der Waals surface area contributed by atoms with Crippen molar-refractivity contribution in [3.05, 3.63) is 71.5 Å². The largest absolute Gasteiger partial charge is 0.380 e. The van der Waals surface area contributed by atoms with E-state index in [-0.39, 0.29) is 18.0 Å². The zero-order valence-electron chi connectivity index (χ0n) is 16.6. The Morgan fingerprint density at radius 1 is 1.36 bits per heavy atom. The van der Waals surface area contributed by atoms with E-state index in [1.165, 1.54) is 18.3 Å². The fourth-order valence-corrected chi connectivity index (χ4v) is 3.64. The van der Waals surface area contributed by atoms with Gasteiger partial charge in [0.25, 0.3) is 0 Å². The number of hydroxylamine groups is 1. The first-order valence-corrected chi connectivity index (χ1v) is 9.82. The number of nitrogens with one attached hydrogen (secondary N) is 3. The van der Waals surface area contributed by atoms with Gasteiger partial charge in [-0.3, -0.25) is 0 Å². The van der Waals surface area contributed by atoms with Crippen molar-refractivity contribution in [1.82, 2.24) is 16.2 Å². The Morgan fingerprint density at radius 2 is 2.14 bits per heavy atom. The van der Waals surface area contributed by atoms with Crippen LogP contribution in [0.1, 0.15) is 49.6 Å². The van der Waals surface area contributed by atoms with Gasteiger partial charge in [0.05, 0.1) is 19.2 Å². The number of hydrogen-bond acceptors (Lipinski definition) is 6. The summed E-state index contributed by atoms with van der Waals surface area (Å²) < 4.78 is 0. The molecular formula is C22H30N4O2. The van der Waals surface area contributed by atoms with Gasteiger partial charge >= 0.3 is 0 Å². The quantitative estimate of drug-likeness (QED) is 0.300. The van der Waals surface area contributed by atoms with Crippen LogP contribution in [0, 0.1) is 5.92 Å². The maximum absolute atomic E-state index is 9.97. The third-order valence-corrected chi connectivity index (χ3v) is 5.26. The van der Waals surface area contributed by atoms with E-state index in [1.807, 2.05) is 36.6 Å². The number of nitrogens with zero attached hydrogens (tertiary/aromatic N) is 1. The standard InChI is InChI=1S/C22H30N4O2/c1-4-6-7-17-12-21(15-8-10-16(11-9-15)22(27)26-28-3)23-13-18(17)19-14-24-25-20(19)5-2/h5,8-14,19-23,25-27H,2,4,6-7H2,1,3H3. The SMILES string of the molecule is C=CC1NN=CC1C1=CNC(c2ccc(C(O)NOC)cc2)C=C1CCCC. The predicted molar refractivity (Wildman–Crippen MR) is 112 cm³/mol. The molecule has 2 aliphatic heterocycles. The van der Waals surface area contributed by atoms with Gasteiger partial charge in [0.15, 0.2) is 6.23 Å². The lowest BCUT2D eigenvalue weighted by Gasteiger charge is -2.28. The highest BCUT2D eigenvalue weighted by atomic mass is 16.7. The second kappa shape index (κ2) is 9.68. The average Bonchev–Trinajstić information content (AvgIpc) is 3.21. The fourth-order valence-electron chi connectivity index (χ4n) is 3.64. The summed E-state index contributed by atoms with van der Waals surface area (Å²) in [6.45, 7) is 6.14. The molecule has 1 aromatic carbocycles. The summed E-state index contributed by atoms with van der Waals surface area (Å²) in [5.41, 5.74) is 10.2. The second-order valence-corrected chi connectivity index (χ2v) is 7.13. The first kappa shape index (κ1) is 20.3. The zero-order valence-corrected chi connectivity index (χ0v) is 16.6. The molecule has 1 aromatic rings. The summed E-state index contributed by atoms with van der Waals surface area (Å²) in [6.07, 6.45) is 10.8. The Hall–Kier alpha value is -2.41.